The van der Waals surface area contributed by atoms with Crippen LogP contribution in [0.15, 0.2) is 76.4 Å². The van der Waals surface area contributed by atoms with Crippen LogP contribution in [0.5, 0.6) is 0 Å². The average Bonchev–Trinajstić information content (AvgIpc) is 3.58. The zero-order valence-electron chi connectivity index (χ0n) is 28.0. The van der Waals surface area contributed by atoms with E-state index in [9.17, 15) is 22.8 Å². The molecule has 3 aromatic carbocycles. The van der Waals surface area contributed by atoms with E-state index in [0.717, 1.165) is 47.9 Å². The van der Waals surface area contributed by atoms with Gasteiger partial charge in [-0.1, -0.05) is 30.3 Å². The van der Waals surface area contributed by atoms with E-state index in [1.807, 2.05) is 31.2 Å². The van der Waals surface area contributed by atoms with Crippen LogP contribution < -0.4 is 22.1 Å². The van der Waals surface area contributed by atoms with Crippen molar-refractivity contribution in [2.75, 3.05) is 38.2 Å². The number of benzene rings is 3. The molecule has 0 spiro atoms. The summed E-state index contributed by atoms with van der Waals surface area (Å²) >= 11 is 0. The van der Waals surface area contributed by atoms with Crippen molar-refractivity contribution in [3.05, 3.63) is 88.3 Å². The molecule has 2 heterocycles. The van der Waals surface area contributed by atoms with Gasteiger partial charge in [0.05, 0.1) is 18.1 Å². The van der Waals surface area contributed by atoms with Crippen molar-refractivity contribution in [1.29, 1.82) is 0 Å². The van der Waals surface area contributed by atoms with E-state index in [4.69, 9.17) is 10.5 Å². The lowest BCUT2D eigenvalue weighted by Crippen LogP contribution is -2.48. The van der Waals surface area contributed by atoms with Crippen LogP contribution in [0, 0.1) is 18.8 Å². The molecule has 1 aromatic heterocycles. The van der Waals surface area contributed by atoms with Gasteiger partial charge in [-0.3, -0.25) is 14.6 Å². The SMILES string of the molecule is Cc1ccc(S(=O)(=O)N2CCOCC2)cc1-c1cccc(CC(NC(=O)C2CCC(CN)CC2)C(=O)Nc2ccc(-c3n[nH]c(=O)[nH]3)cc2)c1. The maximum atomic E-state index is 13.8. The monoisotopic (exact) mass is 701 g/mol. The van der Waals surface area contributed by atoms with Crippen LogP contribution in [0.3, 0.4) is 0 Å². The third-order valence-corrected chi connectivity index (χ3v) is 11.5. The predicted octanol–water partition coefficient (Wildman–Crippen LogP) is 3.19. The van der Waals surface area contributed by atoms with Gasteiger partial charge < -0.3 is 21.1 Å². The Labute approximate surface area is 291 Å². The van der Waals surface area contributed by atoms with Crippen molar-refractivity contribution in [3.8, 4) is 22.5 Å². The van der Waals surface area contributed by atoms with Crippen molar-refractivity contribution < 1.29 is 22.7 Å². The standard InChI is InChI=1S/C36H43N7O6S/c1-23-5-14-30(50(47,48)43-15-17-49-18-16-43)21-31(23)28-4-2-3-25(19-28)20-32(39-34(44)27-8-6-24(22-37)7-9-27)35(45)38-29-12-10-26(11-13-29)33-40-36(46)42-41-33/h2-5,10-14,19,21,24,27,32H,6-9,15-18,20,22,37H2,1H3,(H,38,45)(H,39,44)(H2,40,41,42,46). The van der Waals surface area contributed by atoms with Crippen LogP contribution in [0.25, 0.3) is 22.5 Å². The number of morpholine rings is 1. The molecule has 1 aliphatic carbocycles. The lowest BCUT2D eigenvalue weighted by molar-refractivity contribution is -0.130. The van der Waals surface area contributed by atoms with Gasteiger partial charge in [0, 0.05) is 36.7 Å². The summed E-state index contributed by atoms with van der Waals surface area (Å²) in [7, 11) is -3.70. The number of nitrogens with one attached hydrogen (secondary N) is 4. The largest absolute Gasteiger partial charge is 0.379 e. The van der Waals surface area contributed by atoms with Crippen LogP contribution in [0.1, 0.15) is 36.8 Å². The van der Waals surface area contributed by atoms with Gasteiger partial charge in [0.25, 0.3) is 0 Å². The van der Waals surface area contributed by atoms with E-state index < -0.39 is 21.8 Å². The second kappa shape index (κ2) is 15.5. The molecule has 50 heavy (non-hydrogen) atoms. The molecule has 1 aliphatic heterocycles. The highest BCUT2D eigenvalue weighted by Crippen LogP contribution is 2.30. The summed E-state index contributed by atoms with van der Waals surface area (Å²) in [5, 5.41) is 12.2. The molecule has 0 radical (unpaired) electrons. The molecular weight excluding hydrogens is 659 g/mol. The van der Waals surface area contributed by atoms with E-state index in [1.165, 1.54) is 4.31 Å². The smallest absolute Gasteiger partial charge is 0.340 e. The fourth-order valence-corrected chi connectivity index (χ4v) is 8.05. The average molecular weight is 702 g/mol. The van der Waals surface area contributed by atoms with Gasteiger partial charge in [0.2, 0.25) is 21.8 Å². The molecule has 0 bridgehead atoms. The number of hydrogen-bond acceptors (Lipinski definition) is 8. The molecule has 14 heteroatoms. The summed E-state index contributed by atoms with van der Waals surface area (Å²) in [4.78, 5) is 41.6. The predicted molar refractivity (Wildman–Crippen MR) is 190 cm³/mol. The summed E-state index contributed by atoms with van der Waals surface area (Å²) in [6, 6.07) is 18.7. The minimum absolute atomic E-state index is 0.161. The van der Waals surface area contributed by atoms with Crippen molar-refractivity contribution in [3.63, 3.8) is 0 Å². The highest BCUT2D eigenvalue weighted by Gasteiger charge is 2.30. The van der Waals surface area contributed by atoms with Crippen LogP contribution in [0.4, 0.5) is 5.69 Å². The Morgan fingerprint density at radius 2 is 1.74 bits per heavy atom. The number of sulfonamides is 1. The number of carbonyl (C=O) groups excluding carboxylic acids is 2. The molecule has 4 aromatic rings. The van der Waals surface area contributed by atoms with Crippen molar-refractivity contribution in [1.82, 2.24) is 24.8 Å². The Morgan fingerprint density at radius 1 is 1.00 bits per heavy atom. The van der Waals surface area contributed by atoms with Gasteiger partial charge >= 0.3 is 5.69 Å². The zero-order chi connectivity index (χ0) is 35.3. The number of nitrogens with two attached hydrogens (primary N) is 1. The number of anilines is 1. The molecule has 6 rings (SSSR count). The van der Waals surface area contributed by atoms with Crippen LogP contribution in [0.2, 0.25) is 0 Å². The molecular formula is C36H43N7O6S. The number of aromatic nitrogens is 3. The summed E-state index contributed by atoms with van der Waals surface area (Å²) in [5.74, 6) is 0.0470. The van der Waals surface area contributed by atoms with Crippen molar-refractivity contribution in [2.45, 2.75) is 50.0 Å². The lowest BCUT2D eigenvalue weighted by Gasteiger charge is -2.28. The zero-order valence-corrected chi connectivity index (χ0v) is 28.8. The Balaban J connectivity index is 1.23. The molecule has 1 saturated heterocycles. The van der Waals surface area contributed by atoms with Gasteiger partial charge in [-0.25, -0.2) is 18.3 Å². The number of H-pyrrole nitrogens is 2. The molecule has 2 amide bonds. The van der Waals surface area contributed by atoms with E-state index in [-0.39, 0.29) is 29.0 Å². The normalized spacial score (nSPS) is 19.1. The Bertz CT molecular complexity index is 1980. The summed E-state index contributed by atoms with van der Waals surface area (Å²) < 4.78 is 33.7. The molecule has 264 valence electrons. The second-order valence-electron chi connectivity index (χ2n) is 13.0. The molecule has 1 saturated carbocycles. The van der Waals surface area contributed by atoms with Gasteiger partial charge in [-0.05, 0) is 104 Å². The maximum Gasteiger partial charge on any atom is 0.340 e. The highest BCUT2D eigenvalue weighted by molar-refractivity contribution is 7.89. The maximum absolute atomic E-state index is 13.8. The third kappa shape index (κ3) is 8.21. The first kappa shape index (κ1) is 35.2. The Kier molecular flexibility index (Phi) is 10.9. The van der Waals surface area contributed by atoms with Gasteiger partial charge in [0.15, 0.2) is 5.82 Å². The molecule has 2 fully saturated rings. The topological polar surface area (TPSA) is 192 Å². The van der Waals surface area contributed by atoms with Gasteiger partial charge in [0.1, 0.15) is 6.04 Å². The highest BCUT2D eigenvalue weighted by atomic mass is 32.2. The van der Waals surface area contributed by atoms with E-state index in [2.05, 4.69) is 25.8 Å². The van der Waals surface area contributed by atoms with Gasteiger partial charge in [-0.2, -0.15) is 9.40 Å². The van der Waals surface area contributed by atoms with Crippen LogP contribution in [-0.2, 0) is 30.8 Å². The van der Waals surface area contributed by atoms with Crippen molar-refractivity contribution >= 4 is 27.5 Å². The number of hydrogen-bond donors (Lipinski definition) is 5. The van der Waals surface area contributed by atoms with E-state index in [1.54, 1.807) is 42.5 Å². The second-order valence-corrected chi connectivity index (χ2v) is 14.9. The molecule has 13 nitrogen and oxygen atoms in total. The number of amides is 2. The summed E-state index contributed by atoms with van der Waals surface area (Å²) in [6.07, 6.45) is 3.40. The number of aromatic amines is 2. The first-order valence-corrected chi connectivity index (χ1v) is 18.4. The number of carbonyl (C=O) groups is 2. The molecule has 1 unspecified atom stereocenters. The fraction of sp³-hybridized carbons (Fsp3) is 0.389. The van der Waals surface area contributed by atoms with E-state index in [0.29, 0.717) is 55.8 Å². The summed E-state index contributed by atoms with van der Waals surface area (Å²) in [6.45, 7) is 3.86. The Morgan fingerprint density at radius 3 is 2.42 bits per heavy atom. The summed E-state index contributed by atoms with van der Waals surface area (Å²) in [5.41, 5.74) is 9.89. The van der Waals surface area contributed by atoms with Crippen LogP contribution >= 0.6 is 0 Å². The minimum Gasteiger partial charge on any atom is -0.379 e. The van der Waals surface area contributed by atoms with E-state index >= 15 is 0 Å². The molecule has 1 atom stereocenters. The number of nitrogens with zero attached hydrogens (tertiary/aromatic N) is 2. The molecule has 6 N–H and O–H groups in total. The Hall–Kier alpha value is -4.63. The third-order valence-electron chi connectivity index (χ3n) is 9.61. The fourth-order valence-electron chi connectivity index (χ4n) is 6.62. The quantitative estimate of drug-likeness (QED) is 0.157. The first-order chi connectivity index (χ1) is 24.1. The number of aryl methyl sites for hydroxylation is 1. The number of ether oxygens (including phenoxy) is 1. The first-order valence-electron chi connectivity index (χ1n) is 16.9. The molecule has 2 aliphatic rings. The van der Waals surface area contributed by atoms with Crippen molar-refractivity contribution in [2.24, 2.45) is 17.6 Å². The number of rotatable bonds is 11. The van der Waals surface area contributed by atoms with Gasteiger partial charge in [-0.15, -0.1) is 0 Å². The minimum atomic E-state index is -3.70. The lowest BCUT2D eigenvalue weighted by atomic mass is 9.81. The van der Waals surface area contributed by atoms with Crippen LogP contribution in [-0.4, -0.2) is 78.6 Å².